The van der Waals surface area contributed by atoms with Crippen molar-refractivity contribution in [3.05, 3.63) is 0 Å². The molecule has 1 saturated heterocycles. The van der Waals surface area contributed by atoms with Crippen LogP contribution in [0.15, 0.2) is 0 Å². The van der Waals surface area contributed by atoms with Crippen LogP contribution in [0.4, 0.5) is 0 Å². The van der Waals surface area contributed by atoms with Crippen LogP contribution in [0.2, 0.25) is 0 Å². The third kappa shape index (κ3) is 8.47. The molecule has 0 N–H and O–H groups in total. The largest absolute Gasteiger partial charge is 0.467 e. The fourth-order valence-corrected chi connectivity index (χ4v) is 6.29. The summed E-state index contributed by atoms with van der Waals surface area (Å²) < 4.78 is 43.6. The molecule has 0 spiro atoms. The van der Waals surface area contributed by atoms with Crippen LogP contribution >= 0.6 is 0 Å². The smallest absolute Gasteiger partial charge is 0.330 e. The molecule has 1 amide bonds. The monoisotopic (exact) mass is 593 g/mol. The minimum Gasteiger partial charge on any atom is -0.467 e. The molecule has 0 radical (unpaired) electrons. The van der Waals surface area contributed by atoms with E-state index in [0.29, 0.717) is 0 Å². The minimum atomic E-state index is -2.22. The van der Waals surface area contributed by atoms with Gasteiger partial charge in [0, 0.05) is 41.5 Å². The van der Waals surface area contributed by atoms with Crippen molar-refractivity contribution in [2.24, 2.45) is 0 Å². The molecule has 1 aliphatic heterocycles. The first-order valence-corrected chi connectivity index (χ1v) is 13.2. The number of amides is 1. The molecule has 226 valence electrons. The second-order valence-corrected chi connectivity index (χ2v) is 11.4. The van der Waals surface area contributed by atoms with Gasteiger partial charge in [0.1, 0.15) is 18.0 Å². The SMILES string of the molecule is COC(=O)[C@@H]1N(C(C)=O)[C@@H]([C@H](OC(C)=O)[C@@H](OC(C)=O)[C@@H](OC(C)=O)[C@@H](COC(C)=O)OC(C)=O)S(=O)C1(C)C. The van der Waals surface area contributed by atoms with Gasteiger partial charge in [-0.3, -0.25) is 33.0 Å². The third-order valence-corrected chi connectivity index (χ3v) is 7.90. The summed E-state index contributed by atoms with van der Waals surface area (Å²) in [6.07, 6.45) is -7.20. The van der Waals surface area contributed by atoms with Gasteiger partial charge >= 0.3 is 35.8 Å². The molecule has 1 heterocycles. The van der Waals surface area contributed by atoms with Gasteiger partial charge in [-0.15, -0.1) is 0 Å². The summed E-state index contributed by atoms with van der Waals surface area (Å²) in [6, 6.07) is -1.44. The van der Waals surface area contributed by atoms with Crippen LogP contribution in [0.5, 0.6) is 0 Å². The Kier molecular flexibility index (Phi) is 12.2. The van der Waals surface area contributed by atoms with Crippen molar-refractivity contribution in [1.82, 2.24) is 4.90 Å². The van der Waals surface area contributed by atoms with Crippen LogP contribution in [0.3, 0.4) is 0 Å². The first-order valence-electron chi connectivity index (χ1n) is 12.0. The van der Waals surface area contributed by atoms with Gasteiger partial charge in [-0.25, -0.2) is 4.79 Å². The maximum atomic E-state index is 13.9. The number of methoxy groups -OCH3 is 1. The van der Waals surface area contributed by atoms with Gasteiger partial charge in [0.2, 0.25) is 5.91 Å². The number of rotatable bonds is 11. The summed E-state index contributed by atoms with van der Waals surface area (Å²) in [5, 5.41) is -1.66. The molecule has 0 saturated carbocycles. The Hall–Kier alpha value is -3.56. The molecule has 0 aliphatic carbocycles. The lowest BCUT2D eigenvalue weighted by Gasteiger charge is -2.39. The zero-order valence-corrected chi connectivity index (χ0v) is 24.6. The van der Waals surface area contributed by atoms with Gasteiger partial charge in [0.15, 0.2) is 24.4 Å². The van der Waals surface area contributed by atoms with Gasteiger partial charge in [0.05, 0.1) is 22.7 Å². The molecule has 40 heavy (non-hydrogen) atoms. The molecule has 1 aliphatic rings. The summed E-state index contributed by atoms with van der Waals surface area (Å²) >= 11 is 0. The second kappa shape index (κ2) is 14.2. The van der Waals surface area contributed by atoms with E-state index in [9.17, 15) is 37.8 Å². The van der Waals surface area contributed by atoms with Crippen LogP contribution in [-0.4, -0.2) is 105 Å². The van der Waals surface area contributed by atoms with Gasteiger partial charge in [0.25, 0.3) is 0 Å². The highest BCUT2D eigenvalue weighted by Gasteiger charge is 2.63. The molecule has 1 fully saturated rings. The van der Waals surface area contributed by atoms with Crippen molar-refractivity contribution < 1.29 is 66.2 Å². The number of hydrogen-bond donors (Lipinski definition) is 0. The van der Waals surface area contributed by atoms with Crippen LogP contribution < -0.4 is 0 Å². The molecule has 0 aromatic carbocycles. The van der Waals surface area contributed by atoms with Crippen molar-refractivity contribution >= 4 is 52.5 Å². The summed E-state index contributed by atoms with van der Waals surface area (Å²) in [4.78, 5) is 86.7. The van der Waals surface area contributed by atoms with E-state index in [1.54, 1.807) is 0 Å². The zero-order valence-electron chi connectivity index (χ0n) is 23.7. The third-order valence-electron chi connectivity index (χ3n) is 5.71. The van der Waals surface area contributed by atoms with E-state index in [2.05, 4.69) is 0 Å². The van der Waals surface area contributed by atoms with Gasteiger partial charge < -0.3 is 33.3 Å². The fraction of sp³-hybridized carbons (Fsp3) is 0.708. The molecule has 1 unspecified atom stereocenters. The highest BCUT2D eigenvalue weighted by molar-refractivity contribution is 7.87. The van der Waals surface area contributed by atoms with Gasteiger partial charge in [-0.1, -0.05) is 0 Å². The van der Waals surface area contributed by atoms with Crippen LogP contribution in [0.1, 0.15) is 55.4 Å². The maximum Gasteiger partial charge on any atom is 0.330 e. The normalized spacial score (nSPS) is 22.5. The molecular weight excluding hydrogens is 558 g/mol. The number of nitrogens with zero attached hydrogens (tertiary/aromatic N) is 1. The Labute approximate surface area is 233 Å². The molecule has 1 rings (SSSR count). The summed E-state index contributed by atoms with van der Waals surface area (Å²) in [7, 11) is -1.15. The van der Waals surface area contributed by atoms with E-state index in [0.717, 1.165) is 53.6 Å². The van der Waals surface area contributed by atoms with E-state index < -0.39 is 99.7 Å². The molecule has 0 bridgehead atoms. The number of carbonyl (C=O) groups excluding carboxylic acids is 7. The van der Waals surface area contributed by atoms with Crippen molar-refractivity contribution in [2.45, 2.75) is 96.0 Å². The van der Waals surface area contributed by atoms with Crippen molar-refractivity contribution in [1.29, 1.82) is 0 Å². The first-order chi connectivity index (χ1) is 18.4. The van der Waals surface area contributed by atoms with Crippen LogP contribution in [0, 0.1) is 0 Å². The number of esters is 6. The van der Waals surface area contributed by atoms with Crippen LogP contribution in [-0.2, 0) is 72.8 Å². The summed E-state index contributed by atoms with van der Waals surface area (Å²) in [5.41, 5.74) is 0. The fourth-order valence-electron chi connectivity index (χ4n) is 4.30. The quantitative estimate of drug-likeness (QED) is 0.220. The predicted octanol–water partition coefficient (Wildman–Crippen LogP) is -0.467. The van der Waals surface area contributed by atoms with E-state index in [-0.39, 0.29) is 0 Å². The highest BCUT2D eigenvalue weighted by atomic mass is 32.2. The topological polar surface area (TPSA) is 195 Å². The Bertz CT molecular complexity index is 1060. The Morgan fingerprint density at radius 3 is 1.62 bits per heavy atom. The van der Waals surface area contributed by atoms with E-state index in [1.807, 2.05) is 0 Å². The van der Waals surface area contributed by atoms with Crippen molar-refractivity contribution in [3.8, 4) is 0 Å². The highest BCUT2D eigenvalue weighted by Crippen LogP contribution is 2.40. The molecule has 0 aromatic rings. The van der Waals surface area contributed by atoms with Gasteiger partial charge in [-0.05, 0) is 13.8 Å². The van der Waals surface area contributed by atoms with E-state index in [4.69, 9.17) is 28.4 Å². The molecule has 7 atom stereocenters. The molecule has 0 aromatic heterocycles. The predicted molar refractivity (Wildman–Crippen MR) is 133 cm³/mol. The molecule has 15 nitrogen and oxygen atoms in total. The Balaban J connectivity index is 3.98. The number of hydrogen-bond acceptors (Lipinski definition) is 14. The molecular formula is C24H35NO14S. The lowest BCUT2D eigenvalue weighted by Crippen LogP contribution is -2.60. The number of carbonyl (C=O) groups is 7. The van der Waals surface area contributed by atoms with E-state index >= 15 is 0 Å². The van der Waals surface area contributed by atoms with E-state index in [1.165, 1.54) is 13.8 Å². The molecule has 16 heteroatoms. The maximum absolute atomic E-state index is 13.9. The zero-order chi connectivity index (χ0) is 31.1. The minimum absolute atomic E-state index is 0.697. The number of ether oxygens (including phenoxy) is 6. The lowest BCUT2D eigenvalue weighted by atomic mass is 9.98. The lowest BCUT2D eigenvalue weighted by molar-refractivity contribution is -0.205. The Morgan fingerprint density at radius 2 is 1.23 bits per heavy atom. The standard InChI is InChI=1S/C24H35NO14S/c1-11(26)25-21(23(32)34-9)24(7,8)40(33)22(25)20(39-16(6)31)19(38-15(5)30)18(37-14(4)29)17(36-13(3)28)10-35-12(2)27/h17-22H,10H2,1-9H3/t17-,18+,19+,20-,21+,22-,40?/m1/s1. The average Bonchev–Trinajstić information content (AvgIpc) is 3.02. The van der Waals surface area contributed by atoms with Crippen LogP contribution in [0.25, 0.3) is 0 Å². The Morgan fingerprint density at radius 1 is 0.750 bits per heavy atom. The first kappa shape index (κ1) is 34.5. The average molecular weight is 594 g/mol. The van der Waals surface area contributed by atoms with Crippen molar-refractivity contribution in [3.63, 3.8) is 0 Å². The second-order valence-electron chi connectivity index (χ2n) is 9.32. The summed E-state index contributed by atoms with van der Waals surface area (Å²) in [5.74, 6) is -6.40. The summed E-state index contributed by atoms with van der Waals surface area (Å²) in [6.45, 7) is 8.17. The van der Waals surface area contributed by atoms with Gasteiger partial charge in [-0.2, -0.15) is 0 Å². The van der Waals surface area contributed by atoms with Crippen molar-refractivity contribution in [2.75, 3.05) is 13.7 Å².